The van der Waals surface area contributed by atoms with Crippen LogP contribution in [0.4, 0.5) is 0 Å². The number of hydrogen-bond donors (Lipinski definition) is 1. The molecule has 4 rings (SSSR count). The van der Waals surface area contributed by atoms with Crippen molar-refractivity contribution in [3.05, 3.63) is 35.5 Å². The summed E-state index contributed by atoms with van der Waals surface area (Å²) in [5.41, 5.74) is 4.66. The Hall–Kier alpha value is -2.50. The second-order valence-electron chi connectivity index (χ2n) is 8.99. The van der Waals surface area contributed by atoms with E-state index in [4.69, 9.17) is 28.1 Å². The zero-order valence-corrected chi connectivity index (χ0v) is 21.6. The van der Waals surface area contributed by atoms with Crippen LogP contribution in [0.3, 0.4) is 0 Å². The Balaban J connectivity index is 0.000000658. The molecule has 1 N–H and O–H groups in total. The van der Waals surface area contributed by atoms with Crippen LogP contribution in [0.15, 0.2) is 24.3 Å². The zero-order chi connectivity index (χ0) is 26.5. The number of carbonyl (C=O) groups excluding carboxylic acids is 2. The van der Waals surface area contributed by atoms with Gasteiger partial charge in [0.2, 0.25) is 5.71 Å². The van der Waals surface area contributed by atoms with Crippen LogP contribution in [0, 0.1) is 21.6 Å². The monoisotopic (exact) mass is 524 g/mol. The summed E-state index contributed by atoms with van der Waals surface area (Å²) in [5, 5.41) is 1.27. The van der Waals surface area contributed by atoms with Crippen LogP contribution >= 0.6 is 0 Å². The first-order valence-electron chi connectivity index (χ1n) is 12.2. The third kappa shape index (κ3) is 6.24. The average molecular weight is 525 g/mol. The first-order valence-corrected chi connectivity index (χ1v) is 13.5. The molecule has 2 aliphatic rings. The van der Waals surface area contributed by atoms with Gasteiger partial charge >= 0.3 is 11.9 Å². The lowest BCUT2D eigenvalue weighted by Crippen LogP contribution is -2.68. The number of esters is 2. The normalized spacial score (nSPS) is 19.3. The van der Waals surface area contributed by atoms with Crippen LogP contribution in [0.2, 0.25) is 0 Å². The predicted octanol–water partition coefficient (Wildman–Crippen LogP) is -0.908. The summed E-state index contributed by atoms with van der Waals surface area (Å²) in [4.78, 5) is 29.2. The molecule has 1 atom stereocenters. The number of rotatable bonds is 7. The van der Waals surface area contributed by atoms with Crippen molar-refractivity contribution in [1.82, 2.24) is 4.98 Å². The van der Waals surface area contributed by atoms with E-state index in [2.05, 4.69) is 40.7 Å². The van der Waals surface area contributed by atoms with Crippen molar-refractivity contribution in [3.8, 4) is 0 Å². The van der Waals surface area contributed by atoms with Crippen molar-refractivity contribution in [1.29, 1.82) is 0 Å². The minimum atomic E-state index is -4.94. The SMILES string of the molecule is CCOC(=O)C(CC1(CC)CCC[N+]2=C1c1[nH]c3ccccc3c1CC2)C(=O)OCC.[O-][Cl+3]([O-])([O-])[O-]. The molecule has 0 spiro atoms. The van der Waals surface area contributed by atoms with Gasteiger partial charge in [0.25, 0.3) is 0 Å². The van der Waals surface area contributed by atoms with E-state index in [1.54, 1.807) is 13.8 Å². The fraction of sp³-hybridized carbons (Fsp3) is 0.560. The number of para-hydroxylation sites is 1. The van der Waals surface area contributed by atoms with Crippen molar-refractivity contribution in [2.75, 3.05) is 26.3 Å². The van der Waals surface area contributed by atoms with Crippen molar-refractivity contribution in [3.63, 3.8) is 0 Å². The standard InChI is InChI=1S/C25H32N2O4.ClHO4/c1-4-25(16-19(23(28)30-5-2)24(29)31-6-3)13-9-14-27-15-12-18-17-10-7-8-11-20(17)26-21(18)22(25)27;2-1(3,4)5/h7-8,10-11,19H,4-6,9,12-16H2,1-3H3;(H,2,3,4,5). The number of nitrogens with zero attached hydrogens (tertiary/aromatic N) is 1. The molecule has 0 fully saturated rings. The topological polar surface area (TPSA) is 164 Å². The number of ether oxygens (including phenoxy) is 2. The van der Waals surface area contributed by atoms with Crippen LogP contribution in [0.25, 0.3) is 10.9 Å². The van der Waals surface area contributed by atoms with Crippen LogP contribution in [-0.2, 0) is 25.5 Å². The molecule has 198 valence electrons. The molecule has 0 bridgehead atoms. The minimum Gasteiger partial charge on any atom is -0.465 e. The molecule has 0 amide bonds. The summed E-state index contributed by atoms with van der Waals surface area (Å²) in [6, 6.07) is 8.43. The Morgan fingerprint density at radius 1 is 1.06 bits per heavy atom. The lowest BCUT2D eigenvalue weighted by atomic mass is 9.66. The Morgan fingerprint density at radius 2 is 1.67 bits per heavy atom. The van der Waals surface area contributed by atoms with Crippen LogP contribution in [0.5, 0.6) is 0 Å². The molecule has 2 aromatic rings. The fourth-order valence-electron chi connectivity index (χ4n) is 5.56. The largest absolute Gasteiger partial charge is 0.465 e. The molecule has 0 radical (unpaired) electrons. The second kappa shape index (κ2) is 11.7. The highest BCUT2D eigenvalue weighted by Gasteiger charge is 2.51. The van der Waals surface area contributed by atoms with E-state index in [9.17, 15) is 9.59 Å². The number of nitrogens with one attached hydrogen (secondary N) is 1. The summed E-state index contributed by atoms with van der Waals surface area (Å²) in [5.74, 6) is -1.85. The lowest BCUT2D eigenvalue weighted by Gasteiger charge is -2.38. The number of carbonyl (C=O) groups is 2. The van der Waals surface area contributed by atoms with Gasteiger partial charge in [-0.2, -0.15) is 0 Å². The molecular formula is C25H33ClN2O8. The molecule has 36 heavy (non-hydrogen) atoms. The van der Waals surface area contributed by atoms with Gasteiger partial charge in [0, 0.05) is 23.7 Å². The third-order valence-corrected chi connectivity index (χ3v) is 7.00. The van der Waals surface area contributed by atoms with Crippen LogP contribution in [-0.4, -0.2) is 53.5 Å². The van der Waals surface area contributed by atoms with Gasteiger partial charge in [0.15, 0.2) is 5.92 Å². The van der Waals surface area contributed by atoms with Crippen LogP contribution in [0.1, 0.15) is 57.7 Å². The van der Waals surface area contributed by atoms with Crippen molar-refractivity contribution in [2.45, 2.75) is 52.9 Å². The van der Waals surface area contributed by atoms with Crippen molar-refractivity contribution >= 4 is 28.6 Å². The van der Waals surface area contributed by atoms with Gasteiger partial charge in [-0.1, -0.05) is 25.1 Å². The maximum absolute atomic E-state index is 12.8. The quantitative estimate of drug-likeness (QED) is 0.276. The summed E-state index contributed by atoms with van der Waals surface area (Å²) in [7, 11) is -4.94. The maximum atomic E-state index is 12.8. The third-order valence-electron chi connectivity index (χ3n) is 7.00. The fourth-order valence-corrected chi connectivity index (χ4v) is 5.56. The first kappa shape index (κ1) is 28.1. The number of aromatic nitrogens is 1. The maximum Gasteiger partial charge on any atom is 0.320 e. The highest BCUT2D eigenvalue weighted by atomic mass is 35.7. The Kier molecular flexibility index (Phi) is 9.13. The molecule has 0 aliphatic carbocycles. The molecule has 1 aromatic heterocycles. The van der Waals surface area contributed by atoms with Gasteiger partial charge < -0.3 is 14.5 Å². The average Bonchev–Trinajstić information content (AvgIpc) is 3.20. The van der Waals surface area contributed by atoms with E-state index < -0.39 is 28.1 Å². The number of halogens is 1. The summed E-state index contributed by atoms with van der Waals surface area (Å²) >= 11 is 0. The molecule has 10 nitrogen and oxygen atoms in total. The molecule has 0 saturated carbocycles. The van der Waals surface area contributed by atoms with Gasteiger partial charge in [-0.3, -0.25) is 9.59 Å². The van der Waals surface area contributed by atoms with Crippen LogP contribution < -0.4 is 18.6 Å². The van der Waals surface area contributed by atoms with Crippen molar-refractivity contribution < 1.29 is 52.5 Å². The molecular weight excluding hydrogens is 492 g/mol. The van der Waals surface area contributed by atoms with Gasteiger partial charge in [0.05, 0.1) is 18.6 Å². The summed E-state index contributed by atoms with van der Waals surface area (Å²) in [6.07, 6.45) is 4.26. The first-order chi connectivity index (χ1) is 17.0. The Labute approximate surface area is 212 Å². The summed E-state index contributed by atoms with van der Waals surface area (Å²) in [6.45, 7) is 8.19. The van der Waals surface area contributed by atoms with E-state index >= 15 is 0 Å². The number of benzene rings is 1. The van der Waals surface area contributed by atoms with Crippen molar-refractivity contribution in [2.24, 2.45) is 11.3 Å². The number of aromatic amines is 1. The molecule has 3 heterocycles. The van der Waals surface area contributed by atoms with E-state index in [1.807, 2.05) is 0 Å². The van der Waals surface area contributed by atoms with Gasteiger partial charge in [-0.05, 0) is 44.7 Å². The minimum absolute atomic E-state index is 0.253. The van der Waals surface area contributed by atoms with Gasteiger partial charge in [-0.25, -0.2) is 23.2 Å². The summed E-state index contributed by atoms with van der Waals surface area (Å²) < 4.78 is 47.0. The highest BCUT2D eigenvalue weighted by Crippen LogP contribution is 2.44. The van der Waals surface area contributed by atoms with E-state index in [1.165, 1.54) is 22.4 Å². The van der Waals surface area contributed by atoms with Gasteiger partial charge in [0.1, 0.15) is 18.8 Å². The predicted molar refractivity (Wildman–Crippen MR) is 119 cm³/mol. The zero-order valence-electron chi connectivity index (χ0n) is 20.8. The second-order valence-corrected chi connectivity index (χ2v) is 9.74. The highest BCUT2D eigenvalue weighted by molar-refractivity contribution is 6.07. The molecule has 2 aliphatic heterocycles. The van der Waals surface area contributed by atoms with E-state index in [-0.39, 0.29) is 18.6 Å². The lowest BCUT2D eigenvalue weighted by molar-refractivity contribution is -2.00. The van der Waals surface area contributed by atoms with E-state index in [0.717, 1.165) is 44.3 Å². The molecule has 1 aromatic carbocycles. The smallest absolute Gasteiger partial charge is 0.320 e. The number of H-pyrrole nitrogens is 1. The number of hydrogen-bond acceptors (Lipinski definition) is 8. The van der Waals surface area contributed by atoms with E-state index in [0.29, 0.717) is 6.42 Å². The molecule has 0 saturated heterocycles. The van der Waals surface area contributed by atoms with Gasteiger partial charge in [-0.15, -0.1) is 10.2 Å². The molecule has 1 unspecified atom stereocenters. The molecule has 11 heteroatoms. The Morgan fingerprint density at radius 3 is 2.25 bits per heavy atom. The number of fused-ring (bicyclic) bond motifs is 4. The Bertz CT molecular complexity index is 1100.